The van der Waals surface area contributed by atoms with E-state index >= 15 is 0 Å². The van der Waals surface area contributed by atoms with Crippen molar-refractivity contribution in [3.05, 3.63) is 34.9 Å². The quantitative estimate of drug-likeness (QED) is 0.800. The third-order valence-electron chi connectivity index (χ3n) is 3.51. The summed E-state index contributed by atoms with van der Waals surface area (Å²) in [5.74, 6) is 0.113. The molecule has 0 atom stereocenters. The Hall–Kier alpha value is -1.35. The molecule has 98 valence electrons. The van der Waals surface area contributed by atoms with E-state index in [1.54, 1.807) is 0 Å². The average Bonchev–Trinajstić information content (AvgIpc) is 2.83. The van der Waals surface area contributed by atoms with Crippen LogP contribution < -0.4 is 11.1 Å². The zero-order chi connectivity index (χ0) is 12.8. The molecule has 1 aromatic rings. The molecule has 0 aliphatic heterocycles. The SMILES string of the molecule is NCCCC(=O)NCCc1ccc2c(c1)CCC2. The van der Waals surface area contributed by atoms with Crippen molar-refractivity contribution in [3.63, 3.8) is 0 Å². The minimum atomic E-state index is 0.113. The highest BCUT2D eigenvalue weighted by Crippen LogP contribution is 2.22. The Balaban J connectivity index is 1.75. The number of benzene rings is 1. The van der Waals surface area contributed by atoms with E-state index in [1.165, 1.54) is 36.0 Å². The summed E-state index contributed by atoms with van der Waals surface area (Å²) in [7, 11) is 0. The monoisotopic (exact) mass is 246 g/mol. The molecule has 3 N–H and O–H groups in total. The Morgan fingerprint density at radius 2 is 2.11 bits per heavy atom. The maximum Gasteiger partial charge on any atom is 0.220 e. The second-order valence-electron chi connectivity index (χ2n) is 4.95. The van der Waals surface area contributed by atoms with Crippen molar-refractivity contribution in [2.75, 3.05) is 13.1 Å². The van der Waals surface area contributed by atoms with Gasteiger partial charge in [0.05, 0.1) is 0 Å². The molecule has 0 saturated heterocycles. The first-order chi connectivity index (χ1) is 8.79. The van der Waals surface area contributed by atoms with Crippen LogP contribution in [0.5, 0.6) is 0 Å². The van der Waals surface area contributed by atoms with Crippen molar-refractivity contribution in [1.82, 2.24) is 5.32 Å². The first-order valence-electron chi connectivity index (χ1n) is 6.87. The van der Waals surface area contributed by atoms with Crippen LogP contribution in [0.15, 0.2) is 18.2 Å². The standard InChI is InChI=1S/C15H22N2O/c16-9-2-5-15(18)17-10-8-12-6-7-13-3-1-4-14(13)11-12/h6-7,11H,1-5,8-10,16H2,(H,17,18). The lowest BCUT2D eigenvalue weighted by Gasteiger charge is -2.07. The van der Waals surface area contributed by atoms with Gasteiger partial charge in [-0.15, -0.1) is 0 Å². The maximum absolute atomic E-state index is 11.4. The third-order valence-corrected chi connectivity index (χ3v) is 3.51. The van der Waals surface area contributed by atoms with Gasteiger partial charge in [0.1, 0.15) is 0 Å². The molecule has 1 aliphatic rings. The van der Waals surface area contributed by atoms with E-state index < -0.39 is 0 Å². The molecule has 0 bridgehead atoms. The molecule has 3 nitrogen and oxygen atoms in total. The first-order valence-corrected chi connectivity index (χ1v) is 6.87. The van der Waals surface area contributed by atoms with Gasteiger partial charge in [-0.05, 0) is 55.3 Å². The predicted molar refractivity (Wildman–Crippen MR) is 73.5 cm³/mol. The lowest BCUT2D eigenvalue weighted by atomic mass is 10.0. The number of hydrogen-bond acceptors (Lipinski definition) is 2. The topological polar surface area (TPSA) is 55.1 Å². The Morgan fingerprint density at radius 1 is 1.28 bits per heavy atom. The number of carbonyl (C=O) groups is 1. The number of carbonyl (C=O) groups excluding carboxylic acids is 1. The van der Waals surface area contributed by atoms with Crippen LogP contribution in [0.2, 0.25) is 0 Å². The second-order valence-corrected chi connectivity index (χ2v) is 4.95. The summed E-state index contributed by atoms with van der Waals surface area (Å²) in [5.41, 5.74) is 9.70. The van der Waals surface area contributed by atoms with Gasteiger partial charge < -0.3 is 11.1 Å². The van der Waals surface area contributed by atoms with Crippen molar-refractivity contribution in [1.29, 1.82) is 0 Å². The number of aryl methyl sites for hydroxylation is 2. The van der Waals surface area contributed by atoms with Gasteiger partial charge >= 0.3 is 0 Å². The molecule has 18 heavy (non-hydrogen) atoms. The van der Waals surface area contributed by atoms with Crippen LogP contribution in [-0.4, -0.2) is 19.0 Å². The van der Waals surface area contributed by atoms with Gasteiger partial charge in [0, 0.05) is 13.0 Å². The summed E-state index contributed by atoms with van der Waals surface area (Å²) < 4.78 is 0. The summed E-state index contributed by atoms with van der Waals surface area (Å²) >= 11 is 0. The first kappa shape index (κ1) is 13.1. The average molecular weight is 246 g/mol. The number of fused-ring (bicyclic) bond motifs is 1. The van der Waals surface area contributed by atoms with Crippen molar-refractivity contribution in [3.8, 4) is 0 Å². The molecule has 1 aliphatic carbocycles. The minimum Gasteiger partial charge on any atom is -0.356 e. The predicted octanol–water partition coefficient (Wildman–Crippen LogP) is 1.57. The molecule has 0 heterocycles. The van der Waals surface area contributed by atoms with Crippen LogP contribution >= 0.6 is 0 Å². The van der Waals surface area contributed by atoms with Crippen molar-refractivity contribution in [2.24, 2.45) is 5.73 Å². The third kappa shape index (κ3) is 3.57. The molecule has 0 saturated carbocycles. The van der Waals surface area contributed by atoms with Crippen LogP contribution in [0.25, 0.3) is 0 Å². The molecular weight excluding hydrogens is 224 g/mol. The van der Waals surface area contributed by atoms with Crippen LogP contribution in [0.4, 0.5) is 0 Å². The fourth-order valence-corrected chi connectivity index (χ4v) is 2.48. The van der Waals surface area contributed by atoms with Gasteiger partial charge in [-0.3, -0.25) is 4.79 Å². The molecule has 1 aromatic carbocycles. The molecular formula is C15H22N2O. The highest BCUT2D eigenvalue weighted by Gasteiger charge is 2.10. The molecule has 0 aromatic heterocycles. The van der Waals surface area contributed by atoms with E-state index in [-0.39, 0.29) is 5.91 Å². The van der Waals surface area contributed by atoms with Gasteiger partial charge in [0.15, 0.2) is 0 Å². The number of nitrogens with one attached hydrogen (secondary N) is 1. The van der Waals surface area contributed by atoms with E-state index in [0.29, 0.717) is 13.0 Å². The smallest absolute Gasteiger partial charge is 0.220 e. The molecule has 0 unspecified atom stereocenters. The van der Waals surface area contributed by atoms with Gasteiger partial charge in [0.2, 0.25) is 5.91 Å². The summed E-state index contributed by atoms with van der Waals surface area (Å²) in [4.78, 5) is 11.4. The number of rotatable bonds is 6. The Kier molecular flexibility index (Phi) is 4.76. The Morgan fingerprint density at radius 3 is 2.94 bits per heavy atom. The van der Waals surface area contributed by atoms with E-state index in [4.69, 9.17) is 5.73 Å². The van der Waals surface area contributed by atoms with E-state index in [0.717, 1.165) is 19.4 Å². The fourth-order valence-electron chi connectivity index (χ4n) is 2.48. The number of amides is 1. The van der Waals surface area contributed by atoms with E-state index in [1.807, 2.05) is 0 Å². The lowest BCUT2D eigenvalue weighted by molar-refractivity contribution is -0.121. The summed E-state index contributed by atoms with van der Waals surface area (Å²) in [5, 5.41) is 2.94. The van der Waals surface area contributed by atoms with Crippen LogP contribution in [0.3, 0.4) is 0 Å². The van der Waals surface area contributed by atoms with Gasteiger partial charge in [0.25, 0.3) is 0 Å². The normalized spacial score (nSPS) is 13.4. The van der Waals surface area contributed by atoms with Crippen LogP contribution in [0, 0.1) is 0 Å². The highest BCUT2D eigenvalue weighted by molar-refractivity contribution is 5.75. The molecule has 0 spiro atoms. The highest BCUT2D eigenvalue weighted by atomic mass is 16.1. The van der Waals surface area contributed by atoms with Crippen LogP contribution in [-0.2, 0) is 24.1 Å². The van der Waals surface area contributed by atoms with E-state index in [2.05, 4.69) is 23.5 Å². The minimum absolute atomic E-state index is 0.113. The molecule has 0 radical (unpaired) electrons. The molecule has 3 heteroatoms. The van der Waals surface area contributed by atoms with Crippen molar-refractivity contribution in [2.45, 2.75) is 38.5 Å². The zero-order valence-corrected chi connectivity index (χ0v) is 10.9. The Labute approximate surface area is 109 Å². The van der Waals surface area contributed by atoms with Crippen molar-refractivity contribution < 1.29 is 4.79 Å². The van der Waals surface area contributed by atoms with Gasteiger partial charge in [-0.1, -0.05) is 18.2 Å². The summed E-state index contributed by atoms with van der Waals surface area (Å²) in [6.45, 7) is 1.31. The number of hydrogen-bond donors (Lipinski definition) is 2. The molecule has 1 amide bonds. The largest absolute Gasteiger partial charge is 0.356 e. The van der Waals surface area contributed by atoms with Gasteiger partial charge in [-0.2, -0.15) is 0 Å². The maximum atomic E-state index is 11.4. The van der Waals surface area contributed by atoms with Crippen molar-refractivity contribution >= 4 is 5.91 Å². The van der Waals surface area contributed by atoms with Gasteiger partial charge in [-0.25, -0.2) is 0 Å². The van der Waals surface area contributed by atoms with E-state index in [9.17, 15) is 4.79 Å². The van der Waals surface area contributed by atoms with Crippen LogP contribution in [0.1, 0.15) is 36.0 Å². The zero-order valence-electron chi connectivity index (χ0n) is 10.9. The fraction of sp³-hybridized carbons (Fsp3) is 0.533. The number of nitrogens with two attached hydrogens (primary N) is 1. The molecule has 2 rings (SSSR count). The lowest BCUT2D eigenvalue weighted by Crippen LogP contribution is -2.26. The molecule has 0 fully saturated rings. The Bertz CT molecular complexity index is 415. The summed E-state index contributed by atoms with van der Waals surface area (Å²) in [6.07, 6.45) is 5.96. The summed E-state index contributed by atoms with van der Waals surface area (Å²) in [6, 6.07) is 6.73. The second kappa shape index (κ2) is 6.55.